The van der Waals surface area contributed by atoms with Crippen LogP contribution in [0.3, 0.4) is 0 Å². The summed E-state index contributed by atoms with van der Waals surface area (Å²) in [7, 11) is 0. The molecule has 0 spiro atoms. The summed E-state index contributed by atoms with van der Waals surface area (Å²) in [5, 5.41) is 9.78. The number of likely N-dealkylation sites (N-methyl/N-ethyl adjacent to an activating group) is 1. The zero-order chi connectivity index (χ0) is 15.9. The first-order valence-corrected chi connectivity index (χ1v) is 6.73. The van der Waals surface area contributed by atoms with E-state index in [-0.39, 0.29) is 19.7 Å². The van der Waals surface area contributed by atoms with E-state index in [0.29, 0.717) is 12.3 Å². The van der Waals surface area contributed by atoms with E-state index in [1.54, 1.807) is 25.1 Å². The molecule has 0 bridgehead atoms. The minimum absolute atomic E-state index is 0.0671. The fraction of sp³-hybridized carbons (Fsp3) is 0.571. The highest BCUT2D eigenvalue weighted by atomic mass is 19.4. The van der Waals surface area contributed by atoms with Crippen molar-refractivity contribution in [3.63, 3.8) is 0 Å². The van der Waals surface area contributed by atoms with Crippen molar-refractivity contribution >= 4 is 0 Å². The topological polar surface area (TPSA) is 58.7 Å². The molecule has 4 nitrogen and oxygen atoms in total. The Bertz CT molecular complexity index is 427. The lowest BCUT2D eigenvalue weighted by Crippen LogP contribution is -2.40. The molecule has 1 atom stereocenters. The van der Waals surface area contributed by atoms with E-state index < -0.39 is 18.8 Å². The zero-order valence-electron chi connectivity index (χ0n) is 11.9. The van der Waals surface area contributed by atoms with E-state index in [1.807, 2.05) is 6.07 Å². The van der Waals surface area contributed by atoms with Gasteiger partial charge < -0.3 is 15.6 Å². The maximum atomic E-state index is 12.3. The molecule has 0 aromatic heterocycles. The number of nitrogens with zero attached hydrogens (tertiary/aromatic N) is 1. The van der Waals surface area contributed by atoms with Crippen molar-refractivity contribution in [3.8, 4) is 5.75 Å². The first kappa shape index (κ1) is 17.7. The standard InChI is InChI=1S/C14H21F3N2O2/c1-2-19(10-14(15,16)17)8-12(20)9-21-13-5-3-4-11(6-13)7-18/h3-6,12,20H,2,7-10,18H2,1H3. The average Bonchev–Trinajstić information content (AvgIpc) is 2.43. The van der Waals surface area contributed by atoms with E-state index in [0.717, 1.165) is 10.5 Å². The quantitative estimate of drug-likeness (QED) is 0.768. The first-order chi connectivity index (χ1) is 9.84. The summed E-state index contributed by atoms with van der Waals surface area (Å²) in [6, 6.07) is 7.05. The van der Waals surface area contributed by atoms with Crippen molar-refractivity contribution < 1.29 is 23.0 Å². The third-order valence-electron chi connectivity index (χ3n) is 2.90. The van der Waals surface area contributed by atoms with E-state index in [9.17, 15) is 18.3 Å². The number of rotatable bonds is 8. The van der Waals surface area contributed by atoms with Crippen molar-refractivity contribution in [3.05, 3.63) is 29.8 Å². The van der Waals surface area contributed by atoms with Gasteiger partial charge in [0, 0.05) is 13.1 Å². The van der Waals surface area contributed by atoms with Crippen LogP contribution in [0.15, 0.2) is 24.3 Å². The molecule has 0 saturated carbocycles. The number of hydrogen-bond donors (Lipinski definition) is 2. The second-order valence-corrected chi connectivity index (χ2v) is 4.76. The van der Waals surface area contributed by atoms with Gasteiger partial charge >= 0.3 is 6.18 Å². The van der Waals surface area contributed by atoms with E-state index in [4.69, 9.17) is 10.5 Å². The summed E-state index contributed by atoms with van der Waals surface area (Å²) in [5.41, 5.74) is 6.38. The second-order valence-electron chi connectivity index (χ2n) is 4.76. The Balaban J connectivity index is 2.43. The minimum atomic E-state index is -4.27. The smallest absolute Gasteiger partial charge is 0.401 e. The van der Waals surface area contributed by atoms with Crippen molar-refractivity contribution in [2.24, 2.45) is 5.73 Å². The molecule has 0 fully saturated rings. The minimum Gasteiger partial charge on any atom is -0.491 e. The number of nitrogens with two attached hydrogens (primary N) is 1. The predicted octanol–water partition coefficient (Wildman–Crippen LogP) is 1.77. The van der Waals surface area contributed by atoms with Gasteiger partial charge in [0.2, 0.25) is 0 Å². The predicted molar refractivity (Wildman–Crippen MR) is 74.0 cm³/mol. The summed E-state index contributed by atoms with van der Waals surface area (Å²) in [4.78, 5) is 1.13. The van der Waals surface area contributed by atoms with E-state index in [2.05, 4.69) is 0 Å². The van der Waals surface area contributed by atoms with Crippen molar-refractivity contribution in [2.75, 3.05) is 26.2 Å². The Morgan fingerprint density at radius 1 is 1.38 bits per heavy atom. The molecular weight excluding hydrogens is 285 g/mol. The molecule has 0 aliphatic rings. The third-order valence-corrected chi connectivity index (χ3v) is 2.90. The zero-order valence-corrected chi connectivity index (χ0v) is 11.9. The lowest BCUT2D eigenvalue weighted by molar-refractivity contribution is -0.148. The van der Waals surface area contributed by atoms with Gasteiger partial charge in [0.15, 0.2) is 0 Å². The van der Waals surface area contributed by atoms with Gasteiger partial charge in [-0.25, -0.2) is 0 Å². The van der Waals surface area contributed by atoms with Gasteiger partial charge in [-0.2, -0.15) is 13.2 Å². The van der Waals surface area contributed by atoms with Crippen LogP contribution in [-0.2, 0) is 6.54 Å². The molecule has 0 heterocycles. The summed E-state index contributed by atoms with van der Waals surface area (Å²) < 4.78 is 42.3. The molecule has 0 aliphatic heterocycles. The third kappa shape index (κ3) is 7.31. The lowest BCUT2D eigenvalue weighted by atomic mass is 10.2. The van der Waals surface area contributed by atoms with Gasteiger partial charge in [0.25, 0.3) is 0 Å². The second kappa shape index (κ2) is 8.21. The van der Waals surface area contributed by atoms with Crippen molar-refractivity contribution in [2.45, 2.75) is 25.7 Å². The Morgan fingerprint density at radius 2 is 2.10 bits per heavy atom. The molecule has 21 heavy (non-hydrogen) atoms. The van der Waals surface area contributed by atoms with Gasteiger partial charge in [-0.3, -0.25) is 4.90 Å². The highest BCUT2D eigenvalue weighted by molar-refractivity contribution is 5.28. The average molecular weight is 306 g/mol. The Labute approximate surface area is 122 Å². The molecule has 0 amide bonds. The van der Waals surface area contributed by atoms with Crippen LogP contribution in [0, 0.1) is 0 Å². The summed E-state index contributed by atoms with van der Waals surface area (Å²) >= 11 is 0. The molecule has 1 aromatic rings. The van der Waals surface area contributed by atoms with Gasteiger partial charge in [-0.15, -0.1) is 0 Å². The van der Waals surface area contributed by atoms with Crippen LogP contribution in [-0.4, -0.2) is 48.5 Å². The Hall–Kier alpha value is -1.31. The molecule has 120 valence electrons. The lowest BCUT2D eigenvalue weighted by Gasteiger charge is -2.24. The van der Waals surface area contributed by atoms with Gasteiger partial charge in [0.1, 0.15) is 18.5 Å². The van der Waals surface area contributed by atoms with Crippen LogP contribution < -0.4 is 10.5 Å². The Morgan fingerprint density at radius 3 is 2.67 bits per heavy atom. The van der Waals surface area contributed by atoms with Crippen LogP contribution in [0.25, 0.3) is 0 Å². The fourth-order valence-corrected chi connectivity index (χ4v) is 1.86. The van der Waals surface area contributed by atoms with Crippen molar-refractivity contribution in [1.29, 1.82) is 0 Å². The first-order valence-electron chi connectivity index (χ1n) is 6.73. The number of aliphatic hydroxyl groups excluding tert-OH is 1. The summed E-state index contributed by atoms with van der Waals surface area (Å²) in [6.07, 6.45) is -5.26. The molecule has 0 aliphatic carbocycles. The Kier molecular flexibility index (Phi) is 6.94. The number of halogens is 3. The largest absolute Gasteiger partial charge is 0.491 e. The van der Waals surface area contributed by atoms with Crippen LogP contribution in [0.5, 0.6) is 5.75 Å². The van der Waals surface area contributed by atoms with Crippen LogP contribution in [0.4, 0.5) is 13.2 Å². The highest BCUT2D eigenvalue weighted by Crippen LogP contribution is 2.17. The molecular formula is C14H21F3N2O2. The molecule has 3 N–H and O–H groups in total. The molecule has 7 heteroatoms. The number of aliphatic hydroxyl groups is 1. The van der Waals surface area contributed by atoms with E-state index in [1.165, 1.54) is 0 Å². The molecule has 0 saturated heterocycles. The van der Waals surface area contributed by atoms with Gasteiger partial charge in [0.05, 0.1) is 6.54 Å². The van der Waals surface area contributed by atoms with Gasteiger partial charge in [-0.05, 0) is 24.2 Å². The van der Waals surface area contributed by atoms with Gasteiger partial charge in [-0.1, -0.05) is 19.1 Å². The number of alkyl halides is 3. The molecule has 1 rings (SSSR count). The fourth-order valence-electron chi connectivity index (χ4n) is 1.86. The maximum Gasteiger partial charge on any atom is 0.401 e. The summed E-state index contributed by atoms with van der Waals surface area (Å²) in [6.45, 7) is 0.996. The van der Waals surface area contributed by atoms with Crippen LogP contribution in [0.1, 0.15) is 12.5 Å². The normalized spacial score (nSPS) is 13.5. The SMILES string of the molecule is CCN(CC(O)COc1cccc(CN)c1)CC(F)(F)F. The molecule has 1 aromatic carbocycles. The van der Waals surface area contributed by atoms with Crippen LogP contribution >= 0.6 is 0 Å². The van der Waals surface area contributed by atoms with Crippen molar-refractivity contribution in [1.82, 2.24) is 4.90 Å². The number of ether oxygens (including phenoxy) is 1. The summed E-state index contributed by atoms with van der Waals surface area (Å²) in [5.74, 6) is 0.538. The van der Waals surface area contributed by atoms with E-state index >= 15 is 0 Å². The molecule has 1 unspecified atom stereocenters. The highest BCUT2D eigenvalue weighted by Gasteiger charge is 2.30. The number of hydrogen-bond acceptors (Lipinski definition) is 4. The number of benzene rings is 1. The maximum absolute atomic E-state index is 12.3. The molecule has 0 radical (unpaired) electrons. The van der Waals surface area contributed by atoms with Crippen LogP contribution in [0.2, 0.25) is 0 Å². The monoisotopic (exact) mass is 306 g/mol.